The lowest BCUT2D eigenvalue weighted by Gasteiger charge is -2.25. The van der Waals surface area contributed by atoms with Gasteiger partial charge in [0.05, 0.1) is 11.5 Å². The number of hydrogen-bond donors (Lipinski definition) is 0. The Morgan fingerprint density at radius 2 is 2.12 bits per heavy atom. The summed E-state index contributed by atoms with van der Waals surface area (Å²) in [6.45, 7) is 0.476. The maximum absolute atomic E-state index is 13.5. The summed E-state index contributed by atoms with van der Waals surface area (Å²) < 4.78 is 40.8. The van der Waals surface area contributed by atoms with Gasteiger partial charge in [0.2, 0.25) is 0 Å². The van der Waals surface area contributed by atoms with Crippen LogP contribution in [0.1, 0.15) is 19.3 Å². The predicted molar refractivity (Wildman–Crippen MR) is 62.3 cm³/mol. The molecule has 0 aliphatic heterocycles. The van der Waals surface area contributed by atoms with Crippen molar-refractivity contribution in [3.05, 3.63) is 24.0 Å². The van der Waals surface area contributed by atoms with Crippen molar-refractivity contribution in [1.82, 2.24) is 0 Å². The van der Waals surface area contributed by atoms with Gasteiger partial charge in [-0.2, -0.15) is 0 Å². The summed E-state index contributed by atoms with van der Waals surface area (Å²) >= 11 is 0. The standard InChI is InChI=1S/C11H12ClFO3S/c12-17(14,15)9-4-5-11(10(13)6-9)16-7-8-2-1-3-8/h4-6,8H,1-3,7H2. The lowest BCUT2D eigenvalue weighted by Crippen LogP contribution is -2.19. The molecular weight excluding hydrogens is 267 g/mol. The zero-order chi connectivity index (χ0) is 12.5. The van der Waals surface area contributed by atoms with Crippen LogP contribution in [-0.4, -0.2) is 15.0 Å². The minimum atomic E-state index is -3.89. The van der Waals surface area contributed by atoms with Gasteiger partial charge in [-0.05, 0) is 37.0 Å². The normalized spacial score (nSPS) is 16.6. The number of rotatable bonds is 4. The monoisotopic (exact) mass is 278 g/mol. The Hall–Kier alpha value is -0.810. The van der Waals surface area contributed by atoms with Gasteiger partial charge in [0.25, 0.3) is 9.05 Å². The molecule has 1 aromatic rings. The highest BCUT2D eigenvalue weighted by molar-refractivity contribution is 8.13. The highest BCUT2D eigenvalue weighted by Crippen LogP contribution is 2.28. The second-order valence-corrected chi connectivity index (χ2v) is 6.70. The van der Waals surface area contributed by atoms with Crippen LogP contribution in [0.25, 0.3) is 0 Å². The molecule has 0 heterocycles. The third-order valence-electron chi connectivity index (χ3n) is 2.88. The van der Waals surface area contributed by atoms with E-state index in [1.54, 1.807) is 0 Å². The van der Waals surface area contributed by atoms with E-state index in [-0.39, 0.29) is 10.6 Å². The van der Waals surface area contributed by atoms with E-state index < -0.39 is 14.9 Å². The van der Waals surface area contributed by atoms with Crippen molar-refractivity contribution in [2.75, 3.05) is 6.61 Å². The Morgan fingerprint density at radius 1 is 1.41 bits per heavy atom. The van der Waals surface area contributed by atoms with Crippen LogP contribution in [0.3, 0.4) is 0 Å². The molecular formula is C11H12ClFO3S. The molecule has 0 radical (unpaired) electrons. The minimum absolute atomic E-state index is 0.0703. The van der Waals surface area contributed by atoms with E-state index in [1.165, 1.54) is 18.6 Å². The average molecular weight is 279 g/mol. The van der Waals surface area contributed by atoms with Crippen molar-refractivity contribution < 1.29 is 17.5 Å². The van der Waals surface area contributed by atoms with Gasteiger partial charge in [-0.25, -0.2) is 12.8 Å². The first-order valence-electron chi connectivity index (χ1n) is 5.34. The predicted octanol–water partition coefficient (Wildman–Crippen LogP) is 2.93. The van der Waals surface area contributed by atoms with Crippen LogP contribution in [0, 0.1) is 11.7 Å². The highest BCUT2D eigenvalue weighted by atomic mass is 35.7. The fourth-order valence-corrected chi connectivity index (χ4v) is 2.38. The van der Waals surface area contributed by atoms with E-state index in [0.717, 1.165) is 18.9 Å². The molecule has 0 aromatic heterocycles. The second kappa shape index (κ2) is 4.82. The molecule has 1 aliphatic carbocycles. The van der Waals surface area contributed by atoms with Crippen LogP contribution >= 0.6 is 10.7 Å². The SMILES string of the molecule is O=S(=O)(Cl)c1ccc(OCC2CCC2)c(F)c1. The Morgan fingerprint density at radius 3 is 2.59 bits per heavy atom. The largest absolute Gasteiger partial charge is 0.490 e. The Kier molecular flexibility index (Phi) is 3.58. The van der Waals surface area contributed by atoms with Crippen molar-refractivity contribution in [2.24, 2.45) is 5.92 Å². The minimum Gasteiger partial charge on any atom is -0.490 e. The summed E-state index contributed by atoms with van der Waals surface area (Å²) in [5.74, 6) is -0.141. The molecule has 94 valence electrons. The average Bonchev–Trinajstić information content (AvgIpc) is 2.16. The van der Waals surface area contributed by atoms with Crippen molar-refractivity contribution in [3.8, 4) is 5.75 Å². The molecule has 0 spiro atoms. The number of hydrogen-bond acceptors (Lipinski definition) is 3. The first-order valence-corrected chi connectivity index (χ1v) is 7.65. The lowest BCUT2D eigenvalue weighted by molar-refractivity contribution is 0.175. The van der Waals surface area contributed by atoms with Gasteiger partial charge in [-0.1, -0.05) is 6.42 Å². The molecule has 0 unspecified atom stereocenters. The van der Waals surface area contributed by atoms with E-state index in [0.29, 0.717) is 12.5 Å². The number of benzene rings is 1. The summed E-state index contributed by atoms with van der Waals surface area (Å²) in [6.07, 6.45) is 3.41. The van der Waals surface area contributed by atoms with Crippen LogP contribution in [-0.2, 0) is 9.05 Å². The summed E-state index contributed by atoms with van der Waals surface area (Å²) in [7, 11) is 1.22. The van der Waals surface area contributed by atoms with Gasteiger partial charge in [0.15, 0.2) is 11.6 Å². The summed E-state index contributed by atoms with van der Waals surface area (Å²) in [6, 6.07) is 3.41. The van der Waals surface area contributed by atoms with Crippen molar-refractivity contribution >= 4 is 19.7 Å². The van der Waals surface area contributed by atoms with E-state index in [4.69, 9.17) is 15.4 Å². The van der Waals surface area contributed by atoms with Crippen LogP contribution < -0.4 is 4.74 Å². The van der Waals surface area contributed by atoms with Gasteiger partial charge < -0.3 is 4.74 Å². The quantitative estimate of drug-likeness (QED) is 0.796. The lowest BCUT2D eigenvalue weighted by atomic mass is 9.86. The van der Waals surface area contributed by atoms with Crippen molar-refractivity contribution in [2.45, 2.75) is 24.2 Å². The van der Waals surface area contributed by atoms with E-state index in [9.17, 15) is 12.8 Å². The Bertz CT molecular complexity index is 511. The molecule has 0 bridgehead atoms. The molecule has 1 saturated carbocycles. The zero-order valence-electron chi connectivity index (χ0n) is 9.03. The zero-order valence-corrected chi connectivity index (χ0v) is 10.6. The summed E-state index contributed by atoms with van der Waals surface area (Å²) in [5.41, 5.74) is 0. The van der Waals surface area contributed by atoms with Crippen molar-refractivity contribution in [3.63, 3.8) is 0 Å². The molecule has 1 aliphatic rings. The van der Waals surface area contributed by atoms with Gasteiger partial charge in [-0.3, -0.25) is 0 Å². The van der Waals surface area contributed by atoms with E-state index >= 15 is 0 Å². The molecule has 0 atom stereocenters. The third-order valence-corrected chi connectivity index (χ3v) is 4.24. The summed E-state index contributed by atoms with van der Waals surface area (Å²) in [5, 5.41) is 0. The van der Waals surface area contributed by atoms with Crippen LogP contribution in [0.5, 0.6) is 5.75 Å². The molecule has 0 saturated heterocycles. The number of ether oxygens (including phenoxy) is 1. The molecule has 6 heteroatoms. The van der Waals surface area contributed by atoms with Gasteiger partial charge >= 0.3 is 0 Å². The molecule has 0 amide bonds. The molecule has 2 rings (SSSR count). The van der Waals surface area contributed by atoms with E-state index in [2.05, 4.69) is 0 Å². The first-order chi connectivity index (χ1) is 7.97. The smallest absolute Gasteiger partial charge is 0.261 e. The van der Waals surface area contributed by atoms with Gasteiger partial charge in [-0.15, -0.1) is 0 Å². The molecule has 0 N–H and O–H groups in total. The maximum Gasteiger partial charge on any atom is 0.261 e. The molecule has 1 aromatic carbocycles. The molecule has 3 nitrogen and oxygen atoms in total. The van der Waals surface area contributed by atoms with Crippen LogP contribution in [0.15, 0.2) is 23.1 Å². The van der Waals surface area contributed by atoms with Gasteiger partial charge in [0.1, 0.15) is 0 Å². The molecule has 1 fully saturated rings. The summed E-state index contributed by atoms with van der Waals surface area (Å²) in [4.78, 5) is -0.257. The van der Waals surface area contributed by atoms with Crippen LogP contribution in [0.2, 0.25) is 0 Å². The fourth-order valence-electron chi connectivity index (χ4n) is 1.62. The Balaban J connectivity index is 2.08. The van der Waals surface area contributed by atoms with Gasteiger partial charge in [0, 0.05) is 10.7 Å². The Labute approximate surface area is 104 Å². The number of halogens is 2. The third kappa shape index (κ3) is 3.10. The van der Waals surface area contributed by atoms with Crippen molar-refractivity contribution in [1.29, 1.82) is 0 Å². The molecule has 17 heavy (non-hydrogen) atoms. The first kappa shape index (κ1) is 12.6. The highest BCUT2D eigenvalue weighted by Gasteiger charge is 2.19. The van der Waals surface area contributed by atoms with E-state index in [1.807, 2.05) is 0 Å². The second-order valence-electron chi connectivity index (χ2n) is 4.14. The van der Waals surface area contributed by atoms with Crippen LogP contribution in [0.4, 0.5) is 4.39 Å². The fraction of sp³-hybridized carbons (Fsp3) is 0.455. The topological polar surface area (TPSA) is 43.4 Å². The maximum atomic E-state index is 13.5.